The normalized spacial score (nSPS) is 18.2. The van der Waals surface area contributed by atoms with Gasteiger partial charge in [-0.15, -0.1) is 0 Å². The summed E-state index contributed by atoms with van der Waals surface area (Å²) in [6.07, 6.45) is 2.45. The van der Waals surface area contributed by atoms with Crippen molar-refractivity contribution in [3.8, 4) is 6.07 Å². The van der Waals surface area contributed by atoms with E-state index in [0.717, 1.165) is 32.5 Å². The van der Waals surface area contributed by atoms with Gasteiger partial charge in [-0.25, -0.2) is 8.42 Å². The summed E-state index contributed by atoms with van der Waals surface area (Å²) >= 11 is 0. The van der Waals surface area contributed by atoms with Crippen LogP contribution in [0.2, 0.25) is 0 Å². The summed E-state index contributed by atoms with van der Waals surface area (Å²) in [7, 11) is -3.41. The monoisotopic (exact) mass is 349 g/mol. The van der Waals surface area contributed by atoms with E-state index in [1.165, 1.54) is 5.56 Å². The molecular formula is C18H27N3O2S. The van der Waals surface area contributed by atoms with Gasteiger partial charge in [-0.05, 0) is 43.0 Å². The number of hydrogen-bond acceptors (Lipinski definition) is 4. The van der Waals surface area contributed by atoms with Crippen LogP contribution >= 0.6 is 0 Å². The van der Waals surface area contributed by atoms with E-state index in [0.29, 0.717) is 30.3 Å². The van der Waals surface area contributed by atoms with Crippen molar-refractivity contribution in [3.05, 3.63) is 29.8 Å². The van der Waals surface area contributed by atoms with Crippen molar-refractivity contribution in [1.29, 1.82) is 5.26 Å². The maximum absolute atomic E-state index is 12.8. The van der Waals surface area contributed by atoms with Gasteiger partial charge in [-0.3, -0.25) is 0 Å². The topological polar surface area (TPSA) is 64.4 Å². The molecule has 0 N–H and O–H groups in total. The number of benzene rings is 1. The minimum atomic E-state index is -3.41. The molecule has 6 heteroatoms. The summed E-state index contributed by atoms with van der Waals surface area (Å²) in [5, 5.41) is 8.58. The van der Waals surface area contributed by atoms with Gasteiger partial charge in [0.25, 0.3) is 0 Å². The van der Waals surface area contributed by atoms with Gasteiger partial charge in [-0.2, -0.15) is 9.57 Å². The lowest BCUT2D eigenvalue weighted by molar-refractivity contribution is 0.187. The van der Waals surface area contributed by atoms with Crippen LogP contribution in [0, 0.1) is 11.3 Å². The second-order valence-corrected chi connectivity index (χ2v) is 8.32. The number of piperazine rings is 1. The Morgan fingerprint density at radius 2 is 1.79 bits per heavy atom. The predicted octanol–water partition coefficient (Wildman–Crippen LogP) is 2.81. The average Bonchev–Trinajstić information content (AvgIpc) is 2.62. The molecule has 0 amide bonds. The molecule has 0 aliphatic carbocycles. The zero-order chi connectivity index (χ0) is 17.6. The molecule has 5 nitrogen and oxygen atoms in total. The maximum atomic E-state index is 12.8. The van der Waals surface area contributed by atoms with Crippen LogP contribution in [-0.2, 0) is 10.0 Å². The number of nitrogens with zero attached hydrogens (tertiary/aromatic N) is 3. The Labute approximate surface area is 145 Å². The maximum Gasteiger partial charge on any atom is 0.243 e. The fourth-order valence-corrected chi connectivity index (χ4v) is 4.35. The van der Waals surface area contributed by atoms with Crippen molar-refractivity contribution >= 4 is 10.0 Å². The van der Waals surface area contributed by atoms with E-state index in [1.54, 1.807) is 16.4 Å². The van der Waals surface area contributed by atoms with E-state index >= 15 is 0 Å². The Morgan fingerprint density at radius 1 is 1.17 bits per heavy atom. The second-order valence-electron chi connectivity index (χ2n) is 6.39. The van der Waals surface area contributed by atoms with Crippen LogP contribution in [0.5, 0.6) is 0 Å². The van der Waals surface area contributed by atoms with E-state index in [-0.39, 0.29) is 0 Å². The van der Waals surface area contributed by atoms with Crippen molar-refractivity contribution < 1.29 is 8.42 Å². The molecule has 1 heterocycles. The smallest absolute Gasteiger partial charge is 0.243 e. The third-order valence-electron chi connectivity index (χ3n) is 4.79. The molecule has 0 spiro atoms. The van der Waals surface area contributed by atoms with E-state index in [9.17, 15) is 8.42 Å². The number of unbranched alkanes of at least 4 members (excludes halogenated alkanes) is 1. The van der Waals surface area contributed by atoms with Crippen LogP contribution in [0.25, 0.3) is 0 Å². The predicted molar refractivity (Wildman–Crippen MR) is 95.2 cm³/mol. The summed E-state index contributed by atoms with van der Waals surface area (Å²) in [6.45, 7) is 7.64. The molecule has 0 bridgehead atoms. The largest absolute Gasteiger partial charge is 0.301 e. The Morgan fingerprint density at radius 3 is 2.33 bits per heavy atom. The van der Waals surface area contributed by atoms with Crippen molar-refractivity contribution in [1.82, 2.24) is 9.21 Å². The highest BCUT2D eigenvalue weighted by Crippen LogP contribution is 2.23. The molecule has 24 heavy (non-hydrogen) atoms. The zero-order valence-electron chi connectivity index (χ0n) is 14.6. The number of sulfonamides is 1. The van der Waals surface area contributed by atoms with Crippen LogP contribution in [-0.4, -0.2) is 50.3 Å². The molecule has 0 radical (unpaired) electrons. The zero-order valence-corrected chi connectivity index (χ0v) is 15.4. The molecule has 1 aromatic rings. The lowest BCUT2D eigenvalue weighted by Crippen LogP contribution is -2.48. The third-order valence-corrected chi connectivity index (χ3v) is 6.71. The molecule has 132 valence electrons. The highest BCUT2D eigenvalue weighted by molar-refractivity contribution is 7.89. The van der Waals surface area contributed by atoms with Crippen LogP contribution in [0.4, 0.5) is 0 Å². The average molecular weight is 350 g/mol. The van der Waals surface area contributed by atoms with Gasteiger partial charge in [0.05, 0.1) is 11.0 Å². The van der Waals surface area contributed by atoms with Crippen molar-refractivity contribution in [3.63, 3.8) is 0 Å². The summed E-state index contributed by atoms with van der Waals surface area (Å²) in [5.74, 6) is 0.443. The second kappa shape index (κ2) is 8.61. The molecule has 0 unspecified atom stereocenters. The first-order valence-electron chi connectivity index (χ1n) is 8.68. The van der Waals surface area contributed by atoms with Gasteiger partial charge in [0.2, 0.25) is 10.0 Å². The van der Waals surface area contributed by atoms with Crippen LogP contribution in [0.15, 0.2) is 29.2 Å². The van der Waals surface area contributed by atoms with Gasteiger partial charge in [-0.1, -0.05) is 26.0 Å². The van der Waals surface area contributed by atoms with Crippen LogP contribution in [0.3, 0.4) is 0 Å². The first-order chi connectivity index (χ1) is 11.5. The van der Waals surface area contributed by atoms with Crippen molar-refractivity contribution in [2.24, 2.45) is 0 Å². The Hall–Kier alpha value is -1.42. The van der Waals surface area contributed by atoms with Gasteiger partial charge < -0.3 is 4.90 Å². The van der Waals surface area contributed by atoms with Crippen LogP contribution < -0.4 is 0 Å². The first kappa shape index (κ1) is 18.9. The van der Waals surface area contributed by atoms with Crippen molar-refractivity contribution in [2.45, 2.75) is 43.9 Å². The molecule has 1 saturated heterocycles. The van der Waals surface area contributed by atoms with Crippen molar-refractivity contribution in [2.75, 3.05) is 32.7 Å². The lowest BCUT2D eigenvalue weighted by atomic mass is 9.99. The van der Waals surface area contributed by atoms with Crippen LogP contribution in [0.1, 0.15) is 44.6 Å². The quantitative estimate of drug-likeness (QED) is 0.710. The fraction of sp³-hybridized carbons (Fsp3) is 0.611. The molecular weight excluding hydrogens is 322 g/mol. The number of hydrogen-bond donors (Lipinski definition) is 0. The lowest BCUT2D eigenvalue weighted by Gasteiger charge is -2.33. The van der Waals surface area contributed by atoms with E-state index < -0.39 is 10.0 Å². The Bertz CT molecular complexity index is 656. The standard InChI is InChI=1S/C18H27N3O2S/c1-3-16(2)17-6-8-18(9-7-17)24(22,23)21-14-12-20(13-15-21)11-5-4-10-19/h6-9,16H,3-5,11-15H2,1-2H3/t16-/m1/s1. The highest BCUT2D eigenvalue weighted by Gasteiger charge is 2.28. The molecule has 1 atom stereocenters. The molecule has 1 aliphatic rings. The highest BCUT2D eigenvalue weighted by atomic mass is 32.2. The summed E-state index contributed by atoms with van der Waals surface area (Å²) in [4.78, 5) is 2.61. The molecule has 2 rings (SSSR count). The molecule has 0 saturated carbocycles. The molecule has 1 aromatic carbocycles. The Balaban J connectivity index is 1.97. The first-order valence-corrected chi connectivity index (χ1v) is 10.1. The third kappa shape index (κ3) is 4.56. The number of nitriles is 1. The molecule has 0 aromatic heterocycles. The minimum Gasteiger partial charge on any atom is -0.301 e. The van der Waals surface area contributed by atoms with Gasteiger partial charge in [0.1, 0.15) is 0 Å². The van der Waals surface area contributed by atoms with Gasteiger partial charge in [0, 0.05) is 32.6 Å². The fourth-order valence-electron chi connectivity index (χ4n) is 2.93. The minimum absolute atomic E-state index is 0.382. The molecule has 1 fully saturated rings. The summed E-state index contributed by atoms with van der Waals surface area (Å²) in [6, 6.07) is 9.47. The van der Waals surface area contributed by atoms with Gasteiger partial charge >= 0.3 is 0 Å². The Kier molecular flexibility index (Phi) is 6.79. The van der Waals surface area contributed by atoms with E-state index in [2.05, 4.69) is 24.8 Å². The molecule has 1 aliphatic heterocycles. The van der Waals surface area contributed by atoms with E-state index in [4.69, 9.17) is 5.26 Å². The van der Waals surface area contributed by atoms with E-state index in [1.807, 2.05) is 12.1 Å². The summed E-state index contributed by atoms with van der Waals surface area (Å²) in [5.41, 5.74) is 1.18. The SMILES string of the molecule is CC[C@@H](C)c1ccc(S(=O)(=O)N2CCN(CCCC#N)CC2)cc1. The summed E-state index contributed by atoms with van der Waals surface area (Å²) < 4.78 is 27.1. The van der Waals surface area contributed by atoms with Gasteiger partial charge in [0.15, 0.2) is 0 Å². The number of rotatable bonds is 7.